The zero-order chi connectivity index (χ0) is 14.8. The van der Waals surface area contributed by atoms with Crippen LogP contribution in [-0.2, 0) is 0 Å². The minimum atomic E-state index is -0.534. The van der Waals surface area contributed by atoms with Crippen LogP contribution in [0.5, 0.6) is 17.2 Å². The molecule has 0 aliphatic carbocycles. The smallest absolute Gasteiger partial charge is 0.339 e. The highest BCUT2D eigenvalue weighted by Gasteiger charge is 2.09. The first kappa shape index (κ1) is 13.2. The number of rotatable bonds is 3. The summed E-state index contributed by atoms with van der Waals surface area (Å²) in [5.41, 5.74) is -0.174. The molecule has 3 rings (SSSR count). The van der Waals surface area contributed by atoms with E-state index in [1.165, 1.54) is 37.4 Å². The maximum Gasteiger partial charge on any atom is 0.339 e. The SMILES string of the molecule is COc1ccc2c(Oc3ccc(F)cc3)cc(=O)oc2c1. The van der Waals surface area contributed by atoms with Gasteiger partial charge in [0.2, 0.25) is 0 Å². The average Bonchev–Trinajstić information content (AvgIpc) is 2.48. The monoisotopic (exact) mass is 286 g/mol. The molecule has 0 fully saturated rings. The van der Waals surface area contributed by atoms with Gasteiger partial charge in [0, 0.05) is 6.07 Å². The Kier molecular flexibility index (Phi) is 3.31. The van der Waals surface area contributed by atoms with Gasteiger partial charge in [-0.25, -0.2) is 9.18 Å². The number of benzene rings is 2. The maximum atomic E-state index is 12.9. The van der Waals surface area contributed by atoms with E-state index in [-0.39, 0.29) is 5.82 Å². The zero-order valence-corrected chi connectivity index (χ0v) is 11.1. The fourth-order valence-electron chi connectivity index (χ4n) is 1.95. The van der Waals surface area contributed by atoms with Crippen molar-refractivity contribution in [3.8, 4) is 17.2 Å². The Bertz CT molecular complexity index is 837. The van der Waals surface area contributed by atoms with Crippen molar-refractivity contribution in [3.63, 3.8) is 0 Å². The van der Waals surface area contributed by atoms with E-state index in [0.29, 0.717) is 28.2 Å². The van der Waals surface area contributed by atoms with Crippen LogP contribution in [-0.4, -0.2) is 7.11 Å². The maximum absolute atomic E-state index is 12.9. The van der Waals surface area contributed by atoms with Gasteiger partial charge in [0.25, 0.3) is 0 Å². The molecule has 0 aliphatic heterocycles. The van der Waals surface area contributed by atoms with E-state index < -0.39 is 5.63 Å². The molecule has 2 aromatic carbocycles. The zero-order valence-electron chi connectivity index (χ0n) is 11.1. The average molecular weight is 286 g/mol. The van der Waals surface area contributed by atoms with Crippen LogP contribution in [0, 0.1) is 5.82 Å². The predicted octanol–water partition coefficient (Wildman–Crippen LogP) is 3.73. The molecule has 4 nitrogen and oxygen atoms in total. The molecule has 5 heteroatoms. The van der Waals surface area contributed by atoms with Crippen LogP contribution < -0.4 is 15.1 Å². The van der Waals surface area contributed by atoms with Crippen LogP contribution in [0.2, 0.25) is 0 Å². The van der Waals surface area contributed by atoms with E-state index in [0.717, 1.165) is 0 Å². The number of methoxy groups -OCH3 is 1. The molecule has 0 spiro atoms. The van der Waals surface area contributed by atoms with Crippen molar-refractivity contribution in [1.29, 1.82) is 0 Å². The largest absolute Gasteiger partial charge is 0.497 e. The topological polar surface area (TPSA) is 48.7 Å². The first-order valence-corrected chi connectivity index (χ1v) is 6.21. The van der Waals surface area contributed by atoms with E-state index in [1.54, 1.807) is 18.2 Å². The number of hydrogen-bond donors (Lipinski definition) is 0. The molecule has 0 N–H and O–H groups in total. The quantitative estimate of drug-likeness (QED) is 0.688. The lowest BCUT2D eigenvalue weighted by Crippen LogP contribution is -1.99. The van der Waals surface area contributed by atoms with Crippen LogP contribution in [0.4, 0.5) is 4.39 Å². The summed E-state index contributed by atoms with van der Waals surface area (Å²) in [6.45, 7) is 0. The highest BCUT2D eigenvalue weighted by atomic mass is 19.1. The third-order valence-corrected chi connectivity index (χ3v) is 2.96. The van der Waals surface area contributed by atoms with Gasteiger partial charge in [-0.15, -0.1) is 0 Å². The number of fused-ring (bicyclic) bond motifs is 1. The second-order valence-corrected chi connectivity index (χ2v) is 4.35. The summed E-state index contributed by atoms with van der Waals surface area (Å²) in [6, 6.07) is 11.9. The molecular weight excluding hydrogens is 275 g/mol. The molecule has 21 heavy (non-hydrogen) atoms. The Morgan fingerprint density at radius 1 is 1.00 bits per heavy atom. The summed E-state index contributed by atoms with van der Waals surface area (Å²) in [5.74, 6) is 0.990. The van der Waals surface area contributed by atoms with Crippen molar-refractivity contribution in [1.82, 2.24) is 0 Å². The van der Waals surface area contributed by atoms with Gasteiger partial charge in [-0.1, -0.05) is 0 Å². The molecule has 0 saturated heterocycles. The summed E-state index contributed by atoms with van der Waals surface area (Å²) in [7, 11) is 1.53. The molecule has 0 aliphatic rings. The Morgan fingerprint density at radius 3 is 2.43 bits per heavy atom. The standard InChI is InChI=1S/C16H11FO4/c1-19-12-6-7-13-14(8-12)21-16(18)9-15(13)20-11-4-2-10(17)3-5-11/h2-9H,1H3. The van der Waals surface area contributed by atoms with Crippen LogP contribution in [0.3, 0.4) is 0 Å². The fraction of sp³-hybridized carbons (Fsp3) is 0.0625. The van der Waals surface area contributed by atoms with E-state index in [1.807, 2.05) is 0 Å². The summed E-state index contributed by atoms with van der Waals surface area (Å²) >= 11 is 0. The van der Waals surface area contributed by atoms with E-state index in [2.05, 4.69) is 0 Å². The van der Waals surface area contributed by atoms with Gasteiger partial charge < -0.3 is 13.9 Å². The Hall–Kier alpha value is -2.82. The molecule has 0 atom stereocenters. The summed E-state index contributed by atoms with van der Waals surface area (Å²) < 4.78 is 28.7. The Labute approximate surface area is 119 Å². The Balaban J connectivity index is 2.09. The van der Waals surface area contributed by atoms with Crippen molar-refractivity contribution in [3.05, 3.63) is 64.8 Å². The van der Waals surface area contributed by atoms with Gasteiger partial charge in [0.1, 0.15) is 28.6 Å². The lowest BCUT2D eigenvalue weighted by molar-refractivity contribution is 0.413. The third-order valence-electron chi connectivity index (χ3n) is 2.96. The molecule has 0 radical (unpaired) electrons. The van der Waals surface area contributed by atoms with Crippen LogP contribution in [0.1, 0.15) is 0 Å². The van der Waals surface area contributed by atoms with E-state index in [9.17, 15) is 9.18 Å². The number of ether oxygens (including phenoxy) is 2. The van der Waals surface area contributed by atoms with Crippen LogP contribution in [0.25, 0.3) is 11.0 Å². The van der Waals surface area contributed by atoms with Crippen molar-refractivity contribution < 1.29 is 18.3 Å². The summed E-state index contributed by atoms with van der Waals surface area (Å²) in [4.78, 5) is 11.6. The third kappa shape index (κ3) is 2.72. The number of halogens is 1. The van der Waals surface area contributed by atoms with Crippen molar-refractivity contribution >= 4 is 11.0 Å². The molecule has 3 aromatic rings. The second-order valence-electron chi connectivity index (χ2n) is 4.35. The van der Waals surface area contributed by atoms with E-state index in [4.69, 9.17) is 13.9 Å². The fourth-order valence-corrected chi connectivity index (χ4v) is 1.95. The van der Waals surface area contributed by atoms with Gasteiger partial charge in [-0.05, 0) is 36.4 Å². The van der Waals surface area contributed by atoms with Gasteiger partial charge in [-0.2, -0.15) is 0 Å². The van der Waals surface area contributed by atoms with Crippen LogP contribution >= 0.6 is 0 Å². The lowest BCUT2D eigenvalue weighted by atomic mass is 10.2. The van der Waals surface area contributed by atoms with Gasteiger partial charge in [0.15, 0.2) is 0 Å². The molecular formula is C16H11FO4. The highest BCUT2D eigenvalue weighted by molar-refractivity contribution is 5.84. The normalized spacial score (nSPS) is 10.6. The minimum Gasteiger partial charge on any atom is -0.497 e. The Morgan fingerprint density at radius 2 is 1.71 bits per heavy atom. The van der Waals surface area contributed by atoms with Crippen molar-refractivity contribution in [2.45, 2.75) is 0 Å². The molecule has 106 valence electrons. The molecule has 0 unspecified atom stereocenters. The first-order chi connectivity index (χ1) is 10.2. The van der Waals surface area contributed by atoms with Gasteiger partial charge in [-0.3, -0.25) is 0 Å². The first-order valence-electron chi connectivity index (χ1n) is 6.21. The summed E-state index contributed by atoms with van der Waals surface area (Å²) in [6.07, 6.45) is 0. The summed E-state index contributed by atoms with van der Waals surface area (Å²) in [5, 5.41) is 0.625. The molecule has 0 bridgehead atoms. The van der Waals surface area contributed by atoms with Gasteiger partial charge >= 0.3 is 5.63 Å². The number of hydrogen-bond acceptors (Lipinski definition) is 4. The highest BCUT2D eigenvalue weighted by Crippen LogP contribution is 2.30. The molecule has 1 heterocycles. The molecule has 0 saturated carbocycles. The predicted molar refractivity (Wildman–Crippen MR) is 75.5 cm³/mol. The van der Waals surface area contributed by atoms with Crippen molar-refractivity contribution in [2.24, 2.45) is 0 Å². The molecule has 0 amide bonds. The lowest BCUT2D eigenvalue weighted by Gasteiger charge is -2.08. The van der Waals surface area contributed by atoms with Crippen LogP contribution in [0.15, 0.2) is 57.7 Å². The van der Waals surface area contributed by atoms with E-state index >= 15 is 0 Å². The van der Waals surface area contributed by atoms with Gasteiger partial charge in [0.05, 0.1) is 18.6 Å². The molecule has 1 aromatic heterocycles. The second kappa shape index (κ2) is 5.28. The minimum absolute atomic E-state index is 0.343. The van der Waals surface area contributed by atoms with Crippen molar-refractivity contribution in [2.75, 3.05) is 7.11 Å².